The van der Waals surface area contributed by atoms with Crippen molar-refractivity contribution in [2.24, 2.45) is 5.41 Å². The molecule has 2 heterocycles. The SMILES string of the molecule is Fc1ccc(CN2CCCC3(CCN(C4CCC4)C3)C2)cc1. The first kappa shape index (κ1) is 14.6. The van der Waals surface area contributed by atoms with Crippen LogP contribution in [-0.2, 0) is 6.54 Å². The van der Waals surface area contributed by atoms with Gasteiger partial charge in [-0.05, 0) is 68.3 Å². The van der Waals surface area contributed by atoms with Gasteiger partial charge in [-0.2, -0.15) is 0 Å². The molecule has 3 fully saturated rings. The van der Waals surface area contributed by atoms with Crippen LogP contribution in [0.3, 0.4) is 0 Å². The van der Waals surface area contributed by atoms with Gasteiger partial charge in [0.25, 0.3) is 0 Å². The molecular weight excluding hydrogens is 275 g/mol. The normalized spacial score (nSPS) is 30.8. The zero-order valence-electron chi connectivity index (χ0n) is 13.4. The molecule has 0 amide bonds. The molecule has 3 aliphatic rings. The van der Waals surface area contributed by atoms with E-state index in [4.69, 9.17) is 0 Å². The molecule has 2 nitrogen and oxygen atoms in total. The lowest BCUT2D eigenvalue weighted by Gasteiger charge is -2.42. The molecule has 1 saturated carbocycles. The molecule has 1 aromatic rings. The molecule has 3 heteroatoms. The Bertz CT molecular complexity index is 511. The Morgan fingerprint density at radius 2 is 1.82 bits per heavy atom. The van der Waals surface area contributed by atoms with Gasteiger partial charge in [-0.3, -0.25) is 9.80 Å². The maximum absolute atomic E-state index is 13.0. The van der Waals surface area contributed by atoms with Crippen molar-refractivity contribution >= 4 is 0 Å². The van der Waals surface area contributed by atoms with Gasteiger partial charge in [-0.1, -0.05) is 18.6 Å². The minimum absolute atomic E-state index is 0.134. The summed E-state index contributed by atoms with van der Waals surface area (Å²) in [5, 5.41) is 0. The van der Waals surface area contributed by atoms with Crippen LogP contribution in [0.15, 0.2) is 24.3 Å². The molecule has 1 aromatic carbocycles. The summed E-state index contributed by atoms with van der Waals surface area (Å²) in [5.74, 6) is -0.134. The first-order valence-corrected chi connectivity index (χ1v) is 8.93. The summed E-state index contributed by atoms with van der Waals surface area (Å²) in [5.41, 5.74) is 1.78. The summed E-state index contributed by atoms with van der Waals surface area (Å²) in [4.78, 5) is 5.37. The van der Waals surface area contributed by atoms with Crippen LogP contribution in [0.4, 0.5) is 4.39 Å². The van der Waals surface area contributed by atoms with Crippen molar-refractivity contribution in [3.8, 4) is 0 Å². The van der Waals surface area contributed by atoms with E-state index in [2.05, 4.69) is 9.80 Å². The van der Waals surface area contributed by atoms with Gasteiger partial charge in [-0.25, -0.2) is 4.39 Å². The Hall–Kier alpha value is -0.930. The molecule has 1 unspecified atom stereocenters. The summed E-state index contributed by atoms with van der Waals surface area (Å²) in [6.07, 6.45) is 8.38. The average Bonchev–Trinajstić information content (AvgIpc) is 2.83. The Labute approximate surface area is 133 Å². The molecule has 2 aliphatic heterocycles. The number of likely N-dealkylation sites (tertiary alicyclic amines) is 2. The molecule has 0 N–H and O–H groups in total. The van der Waals surface area contributed by atoms with E-state index in [0.29, 0.717) is 5.41 Å². The molecule has 0 bridgehead atoms. The number of nitrogens with zero attached hydrogens (tertiary/aromatic N) is 2. The predicted octanol–water partition coefficient (Wildman–Crippen LogP) is 3.67. The van der Waals surface area contributed by atoms with Crippen LogP contribution in [0.2, 0.25) is 0 Å². The molecule has 1 aliphatic carbocycles. The van der Waals surface area contributed by atoms with E-state index >= 15 is 0 Å². The number of halogens is 1. The van der Waals surface area contributed by atoms with Crippen LogP contribution in [0.1, 0.15) is 44.1 Å². The van der Waals surface area contributed by atoms with Crippen molar-refractivity contribution in [2.45, 2.75) is 51.1 Å². The number of piperidine rings is 1. The molecule has 1 atom stereocenters. The monoisotopic (exact) mass is 302 g/mol. The lowest BCUT2D eigenvalue weighted by molar-refractivity contribution is 0.0715. The standard InChI is InChI=1S/C19H27FN2/c20-17-7-5-16(6-8-17)13-21-11-2-9-19(14-21)10-12-22(15-19)18-3-1-4-18/h5-8,18H,1-4,9-15H2. The number of hydrogen-bond donors (Lipinski definition) is 0. The minimum Gasteiger partial charge on any atom is -0.300 e. The van der Waals surface area contributed by atoms with Gasteiger partial charge in [-0.15, -0.1) is 0 Å². The maximum atomic E-state index is 13.0. The van der Waals surface area contributed by atoms with Crippen LogP contribution in [-0.4, -0.2) is 42.0 Å². The second kappa shape index (κ2) is 5.93. The van der Waals surface area contributed by atoms with Crippen LogP contribution < -0.4 is 0 Å². The van der Waals surface area contributed by atoms with E-state index in [-0.39, 0.29) is 5.82 Å². The quantitative estimate of drug-likeness (QED) is 0.840. The fraction of sp³-hybridized carbons (Fsp3) is 0.684. The first-order valence-electron chi connectivity index (χ1n) is 8.93. The van der Waals surface area contributed by atoms with Crippen molar-refractivity contribution in [1.82, 2.24) is 9.80 Å². The van der Waals surface area contributed by atoms with Crippen LogP contribution in [0, 0.1) is 11.2 Å². The highest BCUT2D eigenvalue weighted by molar-refractivity contribution is 5.16. The zero-order chi connectivity index (χ0) is 15.0. The molecule has 120 valence electrons. The van der Waals surface area contributed by atoms with Crippen LogP contribution >= 0.6 is 0 Å². The fourth-order valence-corrected chi connectivity index (χ4v) is 4.66. The molecular formula is C19H27FN2. The highest BCUT2D eigenvalue weighted by Gasteiger charge is 2.43. The summed E-state index contributed by atoms with van der Waals surface area (Å²) < 4.78 is 13.0. The summed E-state index contributed by atoms with van der Waals surface area (Å²) in [6.45, 7) is 6.04. The van der Waals surface area contributed by atoms with E-state index in [1.165, 1.54) is 70.3 Å². The van der Waals surface area contributed by atoms with Crippen molar-refractivity contribution in [1.29, 1.82) is 0 Å². The van der Waals surface area contributed by atoms with Gasteiger partial charge >= 0.3 is 0 Å². The smallest absolute Gasteiger partial charge is 0.123 e. The number of rotatable bonds is 3. The molecule has 22 heavy (non-hydrogen) atoms. The topological polar surface area (TPSA) is 6.48 Å². The van der Waals surface area contributed by atoms with E-state index < -0.39 is 0 Å². The Kier molecular flexibility index (Phi) is 3.95. The molecule has 1 spiro atoms. The van der Waals surface area contributed by atoms with Gasteiger partial charge in [0.05, 0.1) is 0 Å². The highest BCUT2D eigenvalue weighted by atomic mass is 19.1. The van der Waals surface area contributed by atoms with Gasteiger partial charge in [0.15, 0.2) is 0 Å². The van der Waals surface area contributed by atoms with Crippen molar-refractivity contribution in [3.63, 3.8) is 0 Å². The second-order valence-corrected chi connectivity index (χ2v) is 7.75. The Morgan fingerprint density at radius 1 is 1.00 bits per heavy atom. The predicted molar refractivity (Wildman–Crippen MR) is 87.2 cm³/mol. The number of hydrogen-bond acceptors (Lipinski definition) is 2. The van der Waals surface area contributed by atoms with Crippen molar-refractivity contribution in [2.75, 3.05) is 26.2 Å². The third kappa shape index (κ3) is 2.93. The van der Waals surface area contributed by atoms with E-state index in [9.17, 15) is 4.39 Å². The molecule has 0 aromatic heterocycles. The molecule has 0 radical (unpaired) electrons. The first-order chi connectivity index (χ1) is 10.7. The van der Waals surface area contributed by atoms with E-state index in [1.807, 2.05) is 12.1 Å². The second-order valence-electron chi connectivity index (χ2n) is 7.75. The molecule has 4 rings (SSSR count). The maximum Gasteiger partial charge on any atom is 0.123 e. The van der Waals surface area contributed by atoms with Crippen molar-refractivity contribution in [3.05, 3.63) is 35.6 Å². The van der Waals surface area contributed by atoms with Gasteiger partial charge < -0.3 is 0 Å². The van der Waals surface area contributed by atoms with Gasteiger partial charge in [0, 0.05) is 25.7 Å². The van der Waals surface area contributed by atoms with E-state index in [0.717, 1.165) is 12.6 Å². The highest BCUT2D eigenvalue weighted by Crippen LogP contribution is 2.42. The third-order valence-electron chi connectivity index (χ3n) is 6.12. The zero-order valence-corrected chi connectivity index (χ0v) is 13.4. The molecule has 2 saturated heterocycles. The van der Waals surface area contributed by atoms with E-state index in [1.54, 1.807) is 12.1 Å². The van der Waals surface area contributed by atoms with Gasteiger partial charge in [0.1, 0.15) is 5.82 Å². The largest absolute Gasteiger partial charge is 0.300 e. The van der Waals surface area contributed by atoms with Crippen LogP contribution in [0.5, 0.6) is 0 Å². The Morgan fingerprint density at radius 3 is 2.55 bits per heavy atom. The lowest BCUT2D eigenvalue weighted by atomic mass is 9.79. The average molecular weight is 302 g/mol. The summed E-state index contributed by atoms with van der Waals surface area (Å²) in [6, 6.07) is 7.94. The fourth-order valence-electron chi connectivity index (χ4n) is 4.66. The third-order valence-corrected chi connectivity index (χ3v) is 6.12. The van der Waals surface area contributed by atoms with Crippen molar-refractivity contribution < 1.29 is 4.39 Å². The van der Waals surface area contributed by atoms with Crippen LogP contribution in [0.25, 0.3) is 0 Å². The lowest BCUT2D eigenvalue weighted by Crippen LogP contribution is -2.46. The summed E-state index contributed by atoms with van der Waals surface area (Å²) in [7, 11) is 0. The number of benzene rings is 1. The summed E-state index contributed by atoms with van der Waals surface area (Å²) >= 11 is 0. The van der Waals surface area contributed by atoms with Gasteiger partial charge in [0.2, 0.25) is 0 Å². The Balaban J connectivity index is 1.38. The minimum atomic E-state index is -0.134.